The van der Waals surface area contributed by atoms with Gasteiger partial charge in [0, 0.05) is 23.2 Å². The lowest BCUT2D eigenvalue weighted by Gasteiger charge is -2.72. The Morgan fingerprint density at radius 3 is 2.28 bits per heavy atom. The Morgan fingerprint density at radius 2 is 1.64 bits per heavy atom. The molecular formula is C33H47N3O2S. The van der Waals surface area contributed by atoms with Crippen LogP contribution >= 0.6 is 11.3 Å². The third-order valence-corrected chi connectivity index (χ3v) is 14.8. The SMILES string of the molecule is Cc1nnc([C@]23CCC(C)(C)CC2C2C(=O)C[C@@H]4[C@@]5(C)CC(C#N)=C(O)C(C)(C)[C@@H]5CC[C@@]4(C)[C@]2(C)CC3)s1. The molecule has 1 aromatic heterocycles. The van der Waals surface area contributed by atoms with Crippen LogP contribution in [0, 0.1) is 69.0 Å². The smallest absolute Gasteiger partial charge is 0.137 e. The van der Waals surface area contributed by atoms with Crippen LogP contribution < -0.4 is 0 Å². The second kappa shape index (κ2) is 8.17. The van der Waals surface area contributed by atoms with Crippen molar-refractivity contribution in [2.75, 3.05) is 0 Å². The molecule has 4 fully saturated rings. The molecule has 1 aromatic rings. The lowest BCUT2D eigenvalue weighted by atomic mass is 9.31. The van der Waals surface area contributed by atoms with Crippen molar-refractivity contribution in [3.05, 3.63) is 21.3 Å². The maximum atomic E-state index is 14.7. The van der Waals surface area contributed by atoms with Gasteiger partial charge in [0.15, 0.2) is 0 Å². The predicted molar refractivity (Wildman–Crippen MR) is 154 cm³/mol. The van der Waals surface area contributed by atoms with Gasteiger partial charge in [-0.15, -0.1) is 21.5 Å². The van der Waals surface area contributed by atoms with E-state index in [1.807, 2.05) is 0 Å². The number of aliphatic hydroxyl groups is 1. The molecule has 0 spiro atoms. The van der Waals surface area contributed by atoms with Crippen LogP contribution in [0.3, 0.4) is 0 Å². The molecule has 1 N–H and O–H groups in total. The minimum atomic E-state index is -0.453. The van der Waals surface area contributed by atoms with Gasteiger partial charge < -0.3 is 5.11 Å². The first-order chi connectivity index (χ1) is 18.1. The van der Waals surface area contributed by atoms with Gasteiger partial charge in [-0.05, 0) is 97.7 Å². The van der Waals surface area contributed by atoms with Crippen LogP contribution in [0.1, 0.15) is 116 Å². The van der Waals surface area contributed by atoms with E-state index in [-0.39, 0.29) is 50.6 Å². The lowest BCUT2D eigenvalue weighted by molar-refractivity contribution is -0.223. The molecule has 0 aliphatic heterocycles. The maximum Gasteiger partial charge on any atom is 0.137 e. The molecule has 0 saturated heterocycles. The number of Topliss-reactive ketones (excluding diaryl/α,β-unsaturated/α-hetero) is 1. The minimum Gasteiger partial charge on any atom is -0.511 e. The van der Waals surface area contributed by atoms with Crippen molar-refractivity contribution in [2.45, 2.75) is 119 Å². The summed E-state index contributed by atoms with van der Waals surface area (Å²) in [6, 6.07) is 2.36. The van der Waals surface area contributed by atoms with Crippen LogP contribution in [-0.2, 0) is 10.2 Å². The molecule has 6 heteroatoms. The number of hydrogen-bond donors (Lipinski definition) is 1. The van der Waals surface area contributed by atoms with Gasteiger partial charge in [0.2, 0.25) is 0 Å². The summed E-state index contributed by atoms with van der Waals surface area (Å²) in [7, 11) is 0. The lowest BCUT2D eigenvalue weighted by Crippen LogP contribution is -2.69. The Bertz CT molecular complexity index is 1300. The Kier molecular flexibility index (Phi) is 5.75. The average molecular weight is 550 g/mol. The molecule has 212 valence electrons. The van der Waals surface area contributed by atoms with E-state index in [0.717, 1.165) is 43.5 Å². The fraction of sp³-hybridized carbons (Fsp3) is 0.818. The topological polar surface area (TPSA) is 86.9 Å². The third kappa shape index (κ3) is 3.38. The van der Waals surface area contributed by atoms with Crippen LogP contribution in [0.15, 0.2) is 11.3 Å². The molecule has 0 bridgehead atoms. The normalized spacial score (nSPS) is 46.4. The summed E-state index contributed by atoms with van der Waals surface area (Å²) in [5, 5.41) is 32.5. The molecule has 5 nitrogen and oxygen atoms in total. The first-order valence-corrected chi connectivity index (χ1v) is 16.0. The zero-order valence-corrected chi connectivity index (χ0v) is 26.1. The van der Waals surface area contributed by atoms with E-state index >= 15 is 0 Å². The number of ketones is 1. The molecule has 6 rings (SSSR count). The van der Waals surface area contributed by atoms with Crippen LogP contribution in [0.5, 0.6) is 0 Å². The van der Waals surface area contributed by atoms with Crippen molar-refractivity contribution in [1.29, 1.82) is 5.26 Å². The number of nitriles is 1. The first-order valence-electron chi connectivity index (χ1n) is 15.2. The zero-order valence-electron chi connectivity index (χ0n) is 25.3. The number of carbonyl (C=O) groups excluding carboxylic acids is 1. The highest BCUT2D eigenvalue weighted by molar-refractivity contribution is 7.11. The van der Waals surface area contributed by atoms with E-state index in [4.69, 9.17) is 5.10 Å². The summed E-state index contributed by atoms with van der Waals surface area (Å²) in [4.78, 5) is 14.7. The molecule has 5 aliphatic rings. The summed E-state index contributed by atoms with van der Waals surface area (Å²) in [5.41, 5.74) is -0.0232. The fourth-order valence-corrected chi connectivity index (χ4v) is 12.5. The number of allylic oxidation sites excluding steroid dienone is 2. The molecule has 4 saturated carbocycles. The van der Waals surface area contributed by atoms with Gasteiger partial charge in [0.25, 0.3) is 0 Å². The summed E-state index contributed by atoms with van der Waals surface area (Å²) in [6.07, 6.45) is 8.77. The van der Waals surface area contributed by atoms with Gasteiger partial charge in [-0.2, -0.15) is 5.26 Å². The van der Waals surface area contributed by atoms with Crippen LogP contribution in [0.25, 0.3) is 0 Å². The number of nitrogens with zero attached hydrogens (tertiary/aromatic N) is 3. The Hall–Kier alpha value is -1.74. The first kappa shape index (κ1) is 27.4. The second-order valence-corrected chi connectivity index (χ2v) is 17.4. The van der Waals surface area contributed by atoms with Crippen LogP contribution in [-0.4, -0.2) is 21.1 Å². The number of carbonyl (C=O) groups is 1. The average Bonchev–Trinajstić information content (AvgIpc) is 3.29. The summed E-state index contributed by atoms with van der Waals surface area (Å²) in [5.74, 6) is 1.53. The largest absolute Gasteiger partial charge is 0.511 e. The van der Waals surface area contributed by atoms with Gasteiger partial charge in [-0.25, -0.2) is 0 Å². The van der Waals surface area contributed by atoms with Gasteiger partial charge >= 0.3 is 0 Å². The molecule has 5 aliphatic carbocycles. The molecule has 39 heavy (non-hydrogen) atoms. The number of aromatic nitrogens is 2. The highest BCUT2D eigenvalue weighted by atomic mass is 32.1. The van der Waals surface area contributed by atoms with Gasteiger partial charge in [-0.1, -0.05) is 48.5 Å². The van der Waals surface area contributed by atoms with E-state index in [1.165, 1.54) is 11.4 Å². The quantitative estimate of drug-likeness (QED) is 0.382. The van der Waals surface area contributed by atoms with Crippen molar-refractivity contribution in [1.82, 2.24) is 10.2 Å². The van der Waals surface area contributed by atoms with E-state index in [2.05, 4.69) is 66.6 Å². The number of hydrogen-bond acceptors (Lipinski definition) is 6. The Balaban J connectivity index is 1.47. The molecule has 1 heterocycles. The summed E-state index contributed by atoms with van der Waals surface area (Å²) in [6.45, 7) is 18.4. The standard InChI is InChI=1S/C33H47N3O2S/c1-19-35-36-27(39-19)33-13-11-28(2,3)17-21(33)25-22(37)15-24-30(6)16-20(18-34)26(38)29(4,5)23(30)9-10-31(24,7)32(25,8)12-14-33/h21,23-25,38H,9-17H2,1-8H3/t21?,23-,24+,25?,30-,31+,32+,33-/m0/s1. The molecular weight excluding hydrogens is 502 g/mol. The van der Waals surface area contributed by atoms with E-state index in [1.54, 1.807) is 11.3 Å². The molecule has 2 unspecified atom stereocenters. The summed E-state index contributed by atoms with van der Waals surface area (Å²) >= 11 is 1.76. The number of rotatable bonds is 1. The highest BCUT2D eigenvalue weighted by Crippen LogP contribution is 2.76. The fourth-order valence-electron chi connectivity index (χ4n) is 11.5. The monoisotopic (exact) mass is 549 g/mol. The van der Waals surface area contributed by atoms with E-state index in [9.17, 15) is 15.2 Å². The number of fused-ring (bicyclic) bond motifs is 7. The van der Waals surface area contributed by atoms with Gasteiger partial charge in [0.1, 0.15) is 21.6 Å². The van der Waals surface area contributed by atoms with E-state index in [0.29, 0.717) is 30.1 Å². The van der Waals surface area contributed by atoms with E-state index < -0.39 is 5.41 Å². The van der Waals surface area contributed by atoms with Crippen LogP contribution in [0.4, 0.5) is 0 Å². The van der Waals surface area contributed by atoms with Crippen molar-refractivity contribution >= 4 is 17.1 Å². The van der Waals surface area contributed by atoms with Gasteiger partial charge in [0.05, 0.1) is 11.6 Å². The minimum absolute atomic E-state index is 0.00518. The second-order valence-electron chi connectivity index (χ2n) is 16.2. The number of aryl methyl sites for hydroxylation is 1. The van der Waals surface area contributed by atoms with Gasteiger partial charge in [-0.3, -0.25) is 4.79 Å². The molecule has 0 aromatic carbocycles. The Morgan fingerprint density at radius 1 is 0.949 bits per heavy atom. The highest BCUT2D eigenvalue weighted by Gasteiger charge is 2.72. The number of aliphatic hydroxyl groups excluding tert-OH is 1. The third-order valence-electron chi connectivity index (χ3n) is 13.7. The molecule has 0 radical (unpaired) electrons. The van der Waals surface area contributed by atoms with Crippen molar-refractivity contribution in [2.24, 2.45) is 50.7 Å². The van der Waals surface area contributed by atoms with Crippen molar-refractivity contribution < 1.29 is 9.90 Å². The van der Waals surface area contributed by atoms with Crippen molar-refractivity contribution in [3.8, 4) is 6.07 Å². The predicted octanol–water partition coefficient (Wildman–Crippen LogP) is 8.10. The molecule has 0 amide bonds. The van der Waals surface area contributed by atoms with Crippen LogP contribution in [0.2, 0.25) is 0 Å². The van der Waals surface area contributed by atoms with Crippen molar-refractivity contribution in [3.63, 3.8) is 0 Å². The maximum absolute atomic E-state index is 14.7. The Labute approximate surface area is 238 Å². The zero-order chi connectivity index (χ0) is 28.4. The molecule has 8 atom stereocenters. The summed E-state index contributed by atoms with van der Waals surface area (Å²) < 4.78 is 0.